The summed E-state index contributed by atoms with van der Waals surface area (Å²) in [5.41, 5.74) is 0. The molecule has 0 saturated heterocycles. The summed E-state index contributed by atoms with van der Waals surface area (Å²) < 4.78 is 5.21. The smallest absolute Gasteiger partial charge is 0.323 e. The highest BCUT2D eigenvalue weighted by atomic mass is 16.5. The summed E-state index contributed by atoms with van der Waals surface area (Å²) in [6, 6.07) is -0.495. The molecule has 88 valence electrons. The number of nitrogens with one attached hydrogen (secondary N) is 2. The number of carbonyl (C=O) groups excluding carboxylic acids is 1. The molecule has 0 aromatic heterocycles. The fourth-order valence-corrected chi connectivity index (χ4v) is 0.774. The van der Waals surface area contributed by atoms with E-state index in [1.54, 1.807) is 0 Å². The van der Waals surface area contributed by atoms with E-state index in [1.165, 1.54) is 0 Å². The van der Waals surface area contributed by atoms with E-state index >= 15 is 0 Å². The molecular formula is C9H18N2O4. The van der Waals surface area contributed by atoms with Gasteiger partial charge < -0.3 is 20.5 Å². The van der Waals surface area contributed by atoms with Crippen LogP contribution in [0.3, 0.4) is 0 Å². The molecule has 6 nitrogen and oxygen atoms in total. The molecule has 15 heavy (non-hydrogen) atoms. The van der Waals surface area contributed by atoms with Crippen LogP contribution in [-0.4, -0.2) is 43.4 Å². The second-order valence-electron chi connectivity index (χ2n) is 3.47. The van der Waals surface area contributed by atoms with Crippen molar-refractivity contribution in [1.29, 1.82) is 0 Å². The average molecular weight is 218 g/mol. The van der Waals surface area contributed by atoms with Crippen LogP contribution in [0.15, 0.2) is 0 Å². The van der Waals surface area contributed by atoms with Gasteiger partial charge in [-0.1, -0.05) is 13.8 Å². The monoisotopic (exact) mass is 218 g/mol. The summed E-state index contributed by atoms with van der Waals surface area (Å²) >= 11 is 0. The highest BCUT2D eigenvalue weighted by Crippen LogP contribution is 1.90. The van der Waals surface area contributed by atoms with E-state index < -0.39 is 12.0 Å². The lowest BCUT2D eigenvalue weighted by atomic mass is 10.2. The second kappa shape index (κ2) is 8.05. The Morgan fingerprint density at radius 1 is 1.33 bits per heavy atom. The van der Waals surface area contributed by atoms with Gasteiger partial charge in [0.05, 0.1) is 6.61 Å². The van der Waals surface area contributed by atoms with Crippen LogP contribution in [0.25, 0.3) is 0 Å². The van der Waals surface area contributed by atoms with E-state index in [0.717, 1.165) is 0 Å². The molecular weight excluding hydrogens is 200 g/mol. The first kappa shape index (κ1) is 13.7. The van der Waals surface area contributed by atoms with Gasteiger partial charge in [0, 0.05) is 13.2 Å². The van der Waals surface area contributed by atoms with E-state index in [1.807, 2.05) is 13.8 Å². The van der Waals surface area contributed by atoms with Crippen molar-refractivity contribution in [2.24, 2.45) is 5.92 Å². The molecule has 0 aliphatic heterocycles. The van der Waals surface area contributed by atoms with Gasteiger partial charge in [-0.05, 0) is 5.92 Å². The molecule has 0 bridgehead atoms. The lowest BCUT2D eigenvalue weighted by Crippen LogP contribution is -2.39. The normalized spacial score (nSPS) is 10.1. The molecule has 0 aliphatic carbocycles. The number of urea groups is 1. The molecule has 0 aromatic carbocycles. The molecule has 3 N–H and O–H groups in total. The zero-order valence-corrected chi connectivity index (χ0v) is 9.08. The number of ether oxygens (including phenoxy) is 1. The Morgan fingerprint density at radius 3 is 2.53 bits per heavy atom. The molecule has 0 radical (unpaired) electrons. The standard InChI is InChI=1S/C9H18N2O4/c1-7(2)6-15-4-3-10-9(14)11-5-8(12)13/h7H,3-6H2,1-2H3,(H,12,13)(H2,10,11,14). The van der Waals surface area contributed by atoms with Gasteiger partial charge in [-0.3, -0.25) is 4.79 Å². The quantitative estimate of drug-likeness (QED) is 0.526. The minimum absolute atomic E-state index is 0.373. The summed E-state index contributed by atoms with van der Waals surface area (Å²) in [7, 11) is 0. The second-order valence-corrected chi connectivity index (χ2v) is 3.47. The number of aliphatic carboxylic acids is 1. The summed E-state index contributed by atoms with van der Waals surface area (Å²) in [4.78, 5) is 21.0. The Balaban J connectivity index is 3.28. The van der Waals surface area contributed by atoms with Crippen molar-refractivity contribution in [3.63, 3.8) is 0 Å². The van der Waals surface area contributed by atoms with Crippen LogP contribution in [0, 0.1) is 5.92 Å². The van der Waals surface area contributed by atoms with E-state index in [9.17, 15) is 9.59 Å². The number of hydrogen-bond acceptors (Lipinski definition) is 3. The highest BCUT2D eigenvalue weighted by Gasteiger charge is 2.01. The van der Waals surface area contributed by atoms with Crippen LogP contribution in [0.2, 0.25) is 0 Å². The van der Waals surface area contributed by atoms with Gasteiger partial charge >= 0.3 is 12.0 Å². The number of carbonyl (C=O) groups is 2. The van der Waals surface area contributed by atoms with E-state index in [2.05, 4.69) is 10.6 Å². The van der Waals surface area contributed by atoms with E-state index in [0.29, 0.717) is 25.7 Å². The van der Waals surface area contributed by atoms with Gasteiger partial charge in [0.1, 0.15) is 6.54 Å². The number of rotatable bonds is 7. The van der Waals surface area contributed by atoms with Gasteiger partial charge in [0.15, 0.2) is 0 Å². The van der Waals surface area contributed by atoms with Gasteiger partial charge in [0.25, 0.3) is 0 Å². The predicted octanol–water partition coefficient (Wildman–Crippen LogP) is 0.0428. The first-order valence-electron chi connectivity index (χ1n) is 4.83. The Kier molecular flexibility index (Phi) is 7.35. The molecule has 0 fully saturated rings. The third-order valence-corrected chi connectivity index (χ3v) is 1.38. The Bertz CT molecular complexity index is 206. The summed E-state index contributed by atoms with van der Waals surface area (Å²) in [6.07, 6.45) is 0. The van der Waals surface area contributed by atoms with Crippen LogP contribution in [0.4, 0.5) is 4.79 Å². The maximum Gasteiger partial charge on any atom is 0.323 e. The Labute approximate surface area is 89.0 Å². The Hall–Kier alpha value is -1.30. The van der Waals surface area contributed by atoms with Crippen molar-refractivity contribution in [3.8, 4) is 0 Å². The highest BCUT2D eigenvalue weighted by molar-refractivity contribution is 5.79. The number of amides is 2. The molecule has 6 heteroatoms. The van der Waals surface area contributed by atoms with E-state index in [-0.39, 0.29) is 6.54 Å². The van der Waals surface area contributed by atoms with Crippen LogP contribution >= 0.6 is 0 Å². The third-order valence-electron chi connectivity index (χ3n) is 1.38. The average Bonchev–Trinajstić information content (AvgIpc) is 2.13. The van der Waals surface area contributed by atoms with Crippen LogP contribution in [0.5, 0.6) is 0 Å². The SMILES string of the molecule is CC(C)COCCNC(=O)NCC(=O)O. The van der Waals surface area contributed by atoms with Crippen molar-refractivity contribution in [2.75, 3.05) is 26.3 Å². The molecule has 0 unspecified atom stereocenters. The first-order chi connectivity index (χ1) is 7.02. The third kappa shape index (κ3) is 10.6. The van der Waals surface area contributed by atoms with Crippen LogP contribution in [0.1, 0.15) is 13.8 Å². The van der Waals surface area contributed by atoms with Crippen molar-refractivity contribution >= 4 is 12.0 Å². The largest absolute Gasteiger partial charge is 0.480 e. The molecule has 0 aromatic rings. The van der Waals surface area contributed by atoms with Crippen LogP contribution in [-0.2, 0) is 9.53 Å². The maximum atomic E-state index is 10.9. The topological polar surface area (TPSA) is 87.7 Å². The van der Waals surface area contributed by atoms with Gasteiger partial charge in [-0.2, -0.15) is 0 Å². The van der Waals surface area contributed by atoms with Gasteiger partial charge in [-0.15, -0.1) is 0 Å². The van der Waals surface area contributed by atoms with E-state index in [4.69, 9.17) is 9.84 Å². The molecule has 2 amide bonds. The lowest BCUT2D eigenvalue weighted by molar-refractivity contribution is -0.135. The van der Waals surface area contributed by atoms with Crippen molar-refractivity contribution in [3.05, 3.63) is 0 Å². The number of carboxylic acids is 1. The number of carboxylic acid groups (broad SMARTS) is 1. The summed E-state index contributed by atoms with van der Waals surface area (Å²) in [6.45, 7) is 5.15. The van der Waals surface area contributed by atoms with Crippen molar-refractivity contribution < 1.29 is 19.4 Å². The minimum Gasteiger partial charge on any atom is -0.480 e. The number of hydrogen-bond donors (Lipinski definition) is 3. The minimum atomic E-state index is -1.07. The first-order valence-corrected chi connectivity index (χ1v) is 4.83. The molecule has 0 spiro atoms. The molecule has 0 aliphatic rings. The predicted molar refractivity (Wildman–Crippen MR) is 54.7 cm³/mol. The van der Waals surface area contributed by atoms with Gasteiger partial charge in [-0.25, -0.2) is 4.79 Å². The molecule has 0 heterocycles. The van der Waals surface area contributed by atoms with Crippen LogP contribution < -0.4 is 10.6 Å². The lowest BCUT2D eigenvalue weighted by Gasteiger charge is -2.08. The van der Waals surface area contributed by atoms with Gasteiger partial charge in [0.2, 0.25) is 0 Å². The summed E-state index contributed by atoms with van der Waals surface area (Å²) in [5, 5.41) is 12.9. The molecule has 0 atom stereocenters. The molecule has 0 rings (SSSR count). The fraction of sp³-hybridized carbons (Fsp3) is 0.778. The van der Waals surface area contributed by atoms with Crippen molar-refractivity contribution in [1.82, 2.24) is 10.6 Å². The summed E-state index contributed by atoms with van der Waals surface area (Å²) in [5.74, 6) is -0.605. The molecule has 0 saturated carbocycles. The fourth-order valence-electron chi connectivity index (χ4n) is 0.774. The zero-order valence-electron chi connectivity index (χ0n) is 9.08. The van der Waals surface area contributed by atoms with Crippen molar-refractivity contribution in [2.45, 2.75) is 13.8 Å². The Morgan fingerprint density at radius 2 is 2.00 bits per heavy atom. The maximum absolute atomic E-state index is 10.9. The zero-order chi connectivity index (χ0) is 11.7.